The molecule has 0 radical (unpaired) electrons. The second-order valence-electron chi connectivity index (χ2n) is 4.31. The number of likely N-dealkylation sites (N-methyl/N-ethyl adjacent to an activating group) is 1. The van der Waals surface area contributed by atoms with Gasteiger partial charge < -0.3 is 20.5 Å². The first-order chi connectivity index (χ1) is 8.72. The van der Waals surface area contributed by atoms with Crippen molar-refractivity contribution in [1.29, 1.82) is 0 Å². The van der Waals surface area contributed by atoms with E-state index in [2.05, 4.69) is 23.6 Å². The van der Waals surface area contributed by atoms with Crippen LogP contribution in [-0.4, -0.2) is 38.0 Å². The van der Waals surface area contributed by atoms with Crippen molar-refractivity contribution in [3.05, 3.63) is 29.8 Å². The molecule has 0 saturated carbocycles. The number of ether oxygens (including phenoxy) is 1. The van der Waals surface area contributed by atoms with Gasteiger partial charge in [0.05, 0.1) is 13.7 Å². The lowest BCUT2D eigenvalue weighted by Gasteiger charge is -2.21. The zero-order valence-electron chi connectivity index (χ0n) is 11.4. The van der Waals surface area contributed by atoms with Crippen LogP contribution >= 0.6 is 0 Å². The summed E-state index contributed by atoms with van der Waals surface area (Å²) in [6, 6.07) is 8.26. The number of aliphatic hydroxyl groups excluding tert-OH is 1. The van der Waals surface area contributed by atoms with Gasteiger partial charge in [0.25, 0.3) is 0 Å². The van der Waals surface area contributed by atoms with Crippen molar-refractivity contribution in [2.45, 2.75) is 25.9 Å². The molecule has 0 fully saturated rings. The van der Waals surface area contributed by atoms with E-state index in [0.717, 1.165) is 24.4 Å². The fraction of sp³-hybridized carbons (Fsp3) is 0.571. The predicted molar refractivity (Wildman–Crippen MR) is 74.0 cm³/mol. The molecule has 0 saturated heterocycles. The fourth-order valence-electron chi connectivity index (χ4n) is 1.94. The highest BCUT2D eigenvalue weighted by Gasteiger charge is 2.12. The summed E-state index contributed by atoms with van der Waals surface area (Å²) in [7, 11) is 1.68. The Morgan fingerprint density at radius 3 is 2.61 bits per heavy atom. The maximum Gasteiger partial charge on any atom is 0.123 e. The van der Waals surface area contributed by atoms with Gasteiger partial charge in [0, 0.05) is 24.2 Å². The van der Waals surface area contributed by atoms with E-state index in [1.165, 1.54) is 0 Å². The van der Waals surface area contributed by atoms with Crippen molar-refractivity contribution in [3.8, 4) is 5.75 Å². The number of rotatable bonds is 8. The molecule has 3 N–H and O–H groups in total. The molecule has 1 aromatic rings. The first-order valence-corrected chi connectivity index (χ1v) is 6.43. The summed E-state index contributed by atoms with van der Waals surface area (Å²) >= 11 is 0. The van der Waals surface area contributed by atoms with E-state index in [0.29, 0.717) is 0 Å². The van der Waals surface area contributed by atoms with Gasteiger partial charge in [-0.2, -0.15) is 0 Å². The van der Waals surface area contributed by atoms with E-state index >= 15 is 0 Å². The SMILES string of the molecule is CCN[C@H](CO)CN[C@@H](C)c1ccccc1OC. The maximum atomic E-state index is 9.21. The maximum absolute atomic E-state index is 9.21. The van der Waals surface area contributed by atoms with Crippen LogP contribution in [0, 0.1) is 0 Å². The summed E-state index contributed by atoms with van der Waals surface area (Å²) in [6.45, 7) is 5.85. The normalized spacial score (nSPS) is 14.2. The van der Waals surface area contributed by atoms with Gasteiger partial charge in [-0.3, -0.25) is 0 Å². The van der Waals surface area contributed by atoms with E-state index in [-0.39, 0.29) is 18.7 Å². The standard InChI is InChI=1S/C14H24N2O2/c1-4-15-12(10-17)9-16-11(2)13-7-5-6-8-14(13)18-3/h5-8,11-12,15-17H,4,9-10H2,1-3H3/t11-,12-/m0/s1. The molecule has 4 nitrogen and oxygen atoms in total. The van der Waals surface area contributed by atoms with E-state index in [9.17, 15) is 5.11 Å². The van der Waals surface area contributed by atoms with Crippen LogP contribution in [0.15, 0.2) is 24.3 Å². The molecule has 2 atom stereocenters. The zero-order valence-corrected chi connectivity index (χ0v) is 11.4. The number of nitrogens with one attached hydrogen (secondary N) is 2. The van der Waals surface area contributed by atoms with Crippen LogP contribution in [-0.2, 0) is 0 Å². The predicted octanol–water partition coefficient (Wildman–Crippen LogP) is 1.32. The lowest BCUT2D eigenvalue weighted by Crippen LogP contribution is -2.41. The third-order valence-electron chi connectivity index (χ3n) is 2.99. The molecular formula is C14H24N2O2. The van der Waals surface area contributed by atoms with E-state index in [4.69, 9.17) is 4.74 Å². The van der Waals surface area contributed by atoms with Gasteiger partial charge in [-0.25, -0.2) is 0 Å². The smallest absolute Gasteiger partial charge is 0.123 e. The van der Waals surface area contributed by atoms with E-state index in [1.54, 1.807) is 7.11 Å². The highest BCUT2D eigenvalue weighted by atomic mass is 16.5. The molecule has 4 heteroatoms. The van der Waals surface area contributed by atoms with Crippen LogP contribution in [0.3, 0.4) is 0 Å². The summed E-state index contributed by atoms with van der Waals surface area (Å²) in [5.74, 6) is 0.890. The van der Waals surface area contributed by atoms with Crippen molar-refractivity contribution in [3.63, 3.8) is 0 Å². The molecule has 0 aliphatic rings. The van der Waals surface area contributed by atoms with Crippen LogP contribution in [0.25, 0.3) is 0 Å². The molecule has 1 rings (SSSR count). The highest BCUT2D eigenvalue weighted by Crippen LogP contribution is 2.23. The second kappa shape index (κ2) is 8.08. The van der Waals surface area contributed by atoms with Crippen molar-refractivity contribution in [2.75, 3.05) is 26.8 Å². The number of benzene rings is 1. The van der Waals surface area contributed by atoms with Gasteiger partial charge in [0.1, 0.15) is 5.75 Å². The Morgan fingerprint density at radius 1 is 1.28 bits per heavy atom. The third kappa shape index (κ3) is 4.29. The summed E-state index contributed by atoms with van der Waals surface area (Å²) < 4.78 is 5.34. The first-order valence-electron chi connectivity index (χ1n) is 6.43. The number of hydrogen-bond donors (Lipinski definition) is 3. The van der Waals surface area contributed by atoms with Crippen molar-refractivity contribution in [1.82, 2.24) is 10.6 Å². The highest BCUT2D eigenvalue weighted by molar-refractivity contribution is 5.35. The Balaban J connectivity index is 2.56. The quantitative estimate of drug-likeness (QED) is 0.653. The summed E-state index contributed by atoms with van der Waals surface area (Å²) in [5, 5.41) is 15.8. The van der Waals surface area contributed by atoms with E-state index < -0.39 is 0 Å². The number of methoxy groups -OCH3 is 1. The van der Waals surface area contributed by atoms with Crippen LogP contribution in [0.4, 0.5) is 0 Å². The Kier molecular flexibility index (Phi) is 6.72. The van der Waals surface area contributed by atoms with Gasteiger partial charge >= 0.3 is 0 Å². The second-order valence-corrected chi connectivity index (χ2v) is 4.31. The van der Waals surface area contributed by atoms with Crippen LogP contribution < -0.4 is 15.4 Å². The molecule has 0 aliphatic heterocycles. The minimum Gasteiger partial charge on any atom is -0.496 e. The molecule has 0 aliphatic carbocycles. The Bertz CT molecular complexity index is 344. The van der Waals surface area contributed by atoms with Gasteiger partial charge in [-0.05, 0) is 19.5 Å². The topological polar surface area (TPSA) is 53.5 Å². The lowest BCUT2D eigenvalue weighted by atomic mass is 10.1. The minimum absolute atomic E-state index is 0.0900. The molecule has 0 aromatic heterocycles. The average Bonchev–Trinajstić information content (AvgIpc) is 2.42. The number of hydrogen-bond acceptors (Lipinski definition) is 4. The average molecular weight is 252 g/mol. The Labute approximate surface area is 109 Å². The van der Waals surface area contributed by atoms with Crippen molar-refractivity contribution in [2.24, 2.45) is 0 Å². The minimum atomic E-state index is 0.0900. The molecule has 0 bridgehead atoms. The molecule has 102 valence electrons. The largest absolute Gasteiger partial charge is 0.496 e. The monoisotopic (exact) mass is 252 g/mol. The molecule has 0 spiro atoms. The first kappa shape index (κ1) is 15.0. The summed E-state index contributed by atoms with van der Waals surface area (Å²) in [5.41, 5.74) is 1.13. The molecule has 0 unspecified atom stereocenters. The van der Waals surface area contributed by atoms with Crippen LogP contribution in [0.2, 0.25) is 0 Å². The van der Waals surface area contributed by atoms with Crippen LogP contribution in [0.1, 0.15) is 25.5 Å². The van der Waals surface area contributed by atoms with Gasteiger partial charge in [0.15, 0.2) is 0 Å². The molecule has 18 heavy (non-hydrogen) atoms. The summed E-state index contributed by atoms with van der Waals surface area (Å²) in [6.07, 6.45) is 0. The van der Waals surface area contributed by atoms with Gasteiger partial charge in [-0.1, -0.05) is 25.1 Å². The number of para-hydroxylation sites is 1. The Hall–Kier alpha value is -1.10. The van der Waals surface area contributed by atoms with Crippen LogP contribution in [0.5, 0.6) is 5.75 Å². The van der Waals surface area contributed by atoms with Gasteiger partial charge in [-0.15, -0.1) is 0 Å². The molecular weight excluding hydrogens is 228 g/mol. The lowest BCUT2D eigenvalue weighted by molar-refractivity contribution is 0.237. The number of aliphatic hydroxyl groups is 1. The fourth-order valence-corrected chi connectivity index (χ4v) is 1.94. The van der Waals surface area contributed by atoms with Crippen molar-refractivity contribution < 1.29 is 9.84 Å². The molecule has 1 aromatic carbocycles. The van der Waals surface area contributed by atoms with E-state index in [1.807, 2.05) is 25.1 Å². The van der Waals surface area contributed by atoms with Crippen molar-refractivity contribution >= 4 is 0 Å². The molecule has 0 heterocycles. The zero-order chi connectivity index (χ0) is 13.4. The molecule has 0 amide bonds. The van der Waals surface area contributed by atoms with Gasteiger partial charge in [0.2, 0.25) is 0 Å². The summed E-state index contributed by atoms with van der Waals surface area (Å²) in [4.78, 5) is 0. The Morgan fingerprint density at radius 2 is 2.00 bits per heavy atom. The third-order valence-corrected chi connectivity index (χ3v) is 2.99.